The summed E-state index contributed by atoms with van der Waals surface area (Å²) in [4.78, 5) is 25.6. The summed E-state index contributed by atoms with van der Waals surface area (Å²) in [6.45, 7) is 4.80. The minimum absolute atomic E-state index is 0.00704. The maximum Gasteiger partial charge on any atom is 0.233 e. The predicted molar refractivity (Wildman–Crippen MR) is 97.0 cm³/mol. The molecule has 0 unspecified atom stereocenters. The monoisotopic (exact) mass is 349 g/mol. The third-order valence-corrected chi connectivity index (χ3v) is 5.26. The first-order valence-corrected chi connectivity index (χ1v) is 8.94. The number of carbonyl (C=O) groups excluding carboxylic acids is 1. The zero-order valence-electron chi connectivity index (χ0n) is 14.5. The minimum atomic E-state index is -0.00704. The number of carbonyl (C=O) groups is 1. The van der Waals surface area contributed by atoms with Crippen molar-refractivity contribution in [3.63, 3.8) is 0 Å². The zero-order chi connectivity index (χ0) is 17.7. The molecule has 8 heteroatoms. The Labute approximate surface area is 150 Å². The second-order valence-electron chi connectivity index (χ2n) is 6.75. The molecule has 1 amide bonds. The van der Waals surface area contributed by atoms with E-state index in [-0.39, 0.29) is 11.8 Å². The van der Waals surface area contributed by atoms with Crippen LogP contribution in [0.2, 0.25) is 0 Å². The average Bonchev–Trinajstić information content (AvgIpc) is 3.24. The summed E-state index contributed by atoms with van der Waals surface area (Å²) in [5.74, 6) is 0.960. The van der Waals surface area contributed by atoms with Crippen LogP contribution < -0.4 is 9.80 Å². The number of hydrogen-bond acceptors (Lipinski definition) is 6. The molecule has 26 heavy (non-hydrogen) atoms. The van der Waals surface area contributed by atoms with Crippen molar-refractivity contribution in [1.29, 1.82) is 0 Å². The standard InChI is InChI=1S/C18H19N7O/c1-2-25-17-15(21-22-25)16(19-11-20-17)23-9-13(10-23)18(26)24-8-7-12-5-3-4-6-14(12)24/h3-6,11,13H,2,7-10H2,1H3. The summed E-state index contributed by atoms with van der Waals surface area (Å²) in [6.07, 6.45) is 2.48. The van der Waals surface area contributed by atoms with Crippen molar-refractivity contribution in [2.24, 2.45) is 5.92 Å². The summed E-state index contributed by atoms with van der Waals surface area (Å²) in [6, 6.07) is 8.16. The number of aryl methyl sites for hydroxylation is 1. The van der Waals surface area contributed by atoms with E-state index in [0.717, 1.165) is 30.1 Å². The van der Waals surface area contributed by atoms with E-state index < -0.39 is 0 Å². The second kappa shape index (κ2) is 5.76. The Hall–Kier alpha value is -3.03. The van der Waals surface area contributed by atoms with Gasteiger partial charge in [0.25, 0.3) is 0 Å². The van der Waals surface area contributed by atoms with Crippen molar-refractivity contribution < 1.29 is 4.79 Å². The van der Waals surface area contributed by atoms with E-state index in [1.165, 1.54) is 5.56 Å². The lowest BCUT2D eigenvalue weighted by molar-refractivity contribution is -0.123. The van der Waals surface area contributed by atoms with Gasteiger partial charge < -0.3 is 9.80 Å². The highest BCUT2D eigenvalue weighted by atomic mass is 16.2. The van der Waals surface area contributed by atoms with Gasteiger partial charge >= 0.3 is 0 Å². The van der Waals surface area contributed by atoms with Crippen molar-refractivity contribution in [2.45, 2.75) is 19.9 Å². The SMILES string of the molecule is CCn1nnc2c(N3CC(C(=O)N4CCc5ccccc54)C3)ncnc21. The van der Waals surface area contributed by atoms with Crippen LogP contribution in [0.3, 0.4) is 0 Å². The van der Waals surface area contributed by atoms with Crippen LogP contribution in [0.25, 0.3) is 11.2 Å². The van der Waals surface area contributed by atoms with Crippen LogP contribution in [0.1, 0.15) is 12.5 Å². The highest BCUT2D eigenvalue weighted by Crippen LogP contribution is 2.33. The lowest BCUT2D eigenvalue weighted by atomic mass is 9.98. The van der Waals surface area contributed by atoms with Gasteiger partial charge in [-0.1, -0.05) is 23.4 Å². The van der Waals surface area contributed by atoms with Crippen LogP contribution in [-0.4, -0.2) is 50.5 Å². The third kappa shape index (κ3) is 2.18. The van der Waals surface area contributed by atoms with Crippen molar-refractivity contribution in [3.8, 4) is 0 Å². The summed E-state index contributed by atoms with van der Waals surface area (Å²) >= 11 is 0. The van der Waals surface area contributed by atoms with Crippen LogP contribution >= 0.6 is 0 Å². The van der Waals surface area contributed by atoms with Gasteiger partial charge in [0.2, 0.25) is 5.91 Å². The van der Waals surface area contributed by atoms with E-state index >= 15 is 0 Å². The Morgan fingerprint density at radius 1 is 1.23 bits per heavy atom. The lowest BCUT2D eigenvalue weighted by Gasteiger charge is -2.40. The fourth-order valence-corrected chi connectivity index (χ4v) is 3.82. The Balaban J connectivity index is 1.34. The van der Waals surface area contributed by atoms with E-state index in [0.29, 0.717) is 25.2 Å². The molecule has 0 saturated carbocycles. The molecule has 2 aliphatic rings. The van der Waals surface area contributed by atoms with Gasteiger partial charge in [0.1, 0.15) is 6.33 Å². The van der Waals surface area contributed by atoms with Gasteiger partial charge in [0.15, 0.2) is 17.0 Å². The Kier molecular flexibility index (Phi) is 3.37. The van der Waals surface area contributed by atoms with Crippen LogP contribution in [0, 0.1) is 5.92 Å². The first-order valence-electron chi connectivity index (χ1n) is 8.94. The normalized spacial score (nSPS) is 16.8. The number of rotatable bonds is 3. The van der Waals surface area contributed by atoms with Gasteiger partial charge in [-0.3, -0.25) is 4.79 Å². The fraction of sp³-hybridized carbons (Fsp3) is 0.389. The van der Waals surface area contributed by atoms with Crippen molar-refractivity contribution in [1.82, 2.24) is 25.0 Å². The molecule has 1 aromatic carbocycles. The molecule has 4 heterocycles. The van der Waals surface area contributed by atoms with Crippen LogP contribution in [0.5, 0.6) is 0 Å². The first-order chi connectivity index (χ1) is 12.8. The van der Waals surface area contributed by atoms with Crippen molar-refractivity contribution in [3.05, 3.63) is 36.2 Å². The Morgan fingerprint density at radius 3 is 2.92 bits per heavy atom. The van der Waals surface area contributed by atoms with Gasteiger partial charge in [-0.2, -0.15) is 0 Å². The Bertz CT molecular complexity index is 992. The number of anilines is 2. The number of fused-ring (bicyclic) bond motifs is 2. The molecular formula is C18H19N7O. The topological polar surface area (TPSA) is 80.0 Å². The van der Waals surface area contributed by atoms with E-state index in [1.54, 1.807) is 11.0 Å². The predicted octanol–water partition coefficient (Wildman–Crippen LogP) is 1.27. The summed E-state index contributed by atoms with van der Waals surface area (Å²) in [5.41, 5.74) is 3.75. The molecule has 0 spiro atoms. The molecule has 0 bridgehead atoms. The highest BCUT2D eigenvalue weighted by molar-refractivity contribution is 5.99. The molecule has 0 radical (unpaired) electrons. The van der Waals surface area contributed by atoms with Crippen LogP contribution in [-0.2, 0) is 17.8 Å². The molecule has 1 saturated heterocycles. The number of benzene rings is 1. The fourth-order valence-electron chi connectivity index (χ4n) is 3.82. The van der Waals surface area contributed by atoms with Gasteiger partial charge in [-0.15, -0.1) is 5.10 Å². The molecule has 2 aromatic heterocycles. The van der Waals surface area contributed by atoms with E-state index in [9.17, 15) is 4.79 Å². The quantitative estimate of drug-likeness (QED) is 0.708. The summed E-state index contributed by atoms with van der Waals surface area (Å²) in [5, 5.41) is 8.34. The number of para-hydroxylation sites is 1. The first kappa shape index (κ1) is 15.2. The number of aromatic nitrogens is 5. The van der Waals surface area contributed by atoms with Gasteiger partial charge in [0, 0.05) is 31.9 Å². The molecule has 5 rings (SSSR count). The van der Waals surface area contributed by atoms with E-state index in [2.05, 4.69) is 31.2 Å². The minimum Gasteiger partial charge on any atom is -0.353 e. The van der Waals surface area contributed by atoms with E-state index in [1.807, 2.05) is 30.0 Å². The number of hydrogen-bond donors (Lipinski definition) is 0. The van der Waals surface area contributed by atoms with Crippen LogP contribution in [0.4, 0.5) is 11.5 Å². The molecular weight excluding hydrogens is 330 g/mol. The maximum atomic E-state index is 12.9. The third-order valence-electron chi connectivity index (χ3n) is 5.26. The summed E-state index contributed by atoms with van der Waals surface area (Å²) < 4.78 is 1.75. The average molecular weight is 349 g/mol. The molecule has 3 aromatic rings. The molecule has 0 N–H and O–H groups in total. The van der Waals surface area contributed by atoms with E-state index in [4.69, 9.17) is 0 Å². The lowest BCUT2D eigenvalue weighted by Crippen LogP contribution is -2.55. The number of nitrogens with zero attached hydrogens (tertiary/aromatic N) is 7. The van der Waals surface area contributed by atoms with Gasteiger partial charge in [0.05, 0.1) is 5.92 Å². The van der Waals surface area contributed by atoms with Crippen molar-refractivity contribution in [2.75, 3.05) is 29.4 Å². The summed E-state index contributed by atoms with van der Waals surface area (Å²) in [7, 11) is 0. The van der Waals surface area contributed by atoms with Crippen LogP contribution in [0.15, 0.2) is 30.6 Å². The zero-order valence-corrected chi connectivity index (χ0v) is 14.5. The smallest absolute Gasteiger partial charge is 0.233 e. The van der Waals surface area contributed by atoms with Gasteiger partial charge in [-0.05, 0) is 25.0 Å². The molecule has 1 fully saturated rings. The number of amides is 1. The molecule has 8 nitrogen and oxygen atoms in total. The molecule has 2 aliphatic heterocycles. The Morgan fingerprint density at radius 2 is 2.08 bits per heavy atom. The maximum absolute atomic E-state index is 12.9. The highest BCUT2D eigenvalue weighted by Gasteiger charge is 2.39. The van der Waals surface area contributed by atoms with Crippen molar-refractivity contribution >= 4 is 28.6 Å². The molecule has 0 atom stereocenters. The molecule has 132 valence electrons. The second-order valence-corrected chi connectivity index (χ2v) is 6.75. The molecule has 0 aliphatic carbocycles. The largest absolute Gasteiger partial charge is 0.353 e. The van der Waals surface area contributed by atoms with Gasteiger partial charge in [-0.25, -0.2) is 14.6 Å².